The summed E-state index contributed by atoms with van der Waals surface area (Å²) in [5, 5.41) is 5.17. The fourth-order valence-corrected chi connectivity index (χ4v) is 4.32. The number of thiophene rings is 1. The molecule has 2 aromatic rings. The van der Waals surface area contributed by atoms with Crippen LogP contribution in [0.25, 0.3) is 0 Å². The van der Waals surface area contributed by atoms with Gasteiger partial charge in [0.2, 0.25) is 11.8 Å². The minimum Gasteiger partial charge on any atom is -0.331 e. The van der Waals surface area contributed by atoms with Gasteiger partial charge >= 0.3 is 0 Å². The summed E-state index contributed by atoms with van der Waals surface area (Å²) in [6, 6.07) is 9.86. The van der Waals surface area contributed by atoms with Gasteiger partial charge in [-0.25, -0.2) is 0 Å². The van der Waals surface area contributed by atoms with Crippen molar-refractivity contribution in [3.8, 4) is 0 Å². The highest BCUT2D eigenvalue weighted by molar-refractivity contribution is 7.10. The Morgan fingerprint density at radius 1 is 1.17 bits per heavy atom. The number of nitrogens with zero attached hydrogens (tertiary/aromatic N) is 1. The maximum atomic E-state index is 12.2. The van der Waals surface area contributed by atoms with Crippen LogP contribution in [0.3, 0.4) is 0 Å². The van der Waals surface area contributed by atoms with Crippen LogP contribution in [0.2, 0.25) is 0 Å². The van der Waals surface area contributed by atoms with Gasteiger partial charge in [-0.2, -0.15) is 0 Å². The Labute approximate surface area is 145 Å². The van der Waals surface area contributed by atoms with E-state index in [0.717, 1.165) is 37.1 Å². The SMILES string of the molecule is CC(=O)N1CCc2sccc2[C@H]1c1ccccc1NC(=O)C1CC1. The second kappa shape index (κ2) is 6.06. The van der Waals surface area contributed by atoms with Crippen LogP contribution in [0.15, 0.2) is 35.7 Å². The number of nitrogens with one attached hydrogen (secondary N) is 1. The lowest BCUT2D eigenvalue weighted by atomic mass is 9.92. The van der Waals surface area contributed by atoms with Gasteiger partial charge in [0.1, 0.15) is 0 Å². The lowest BCUT2D eigenvalue weighted by Gasteiger charge is -2.36. The number of carbonyl (C=O) groups excluding carboxylic acids is 2. The van der Waals surface area contributed by atoms with Crippen LogP contribution in [-0.4, -0.2) is 23.3 Å². The van der Waals surface area contributed by atoms with E-state index in [-0.39, 0.29) is 23.8 Å². The molecule has 0 spiro atoms. The molecule has 1 aliphatic heterocycles. The number of fused-ring (bicyclic) bond motifs is 1. The number of carbonyl (C=O) groups is 2. The molecule has 2 aliphatic rings. The van der Waals surface area contributed by atoms with Gasteiger partial charge in [-0.15, -0.1) is 11.3 Å². The topological polar surface area (TPSA) is 49.4 Å². The molecule has 2 amide bonds. The molecule has 0 bridgehead atoms. The molecular weight excluding hydrogens is 320 g/mol. The molecule has 0 unspecified atom stereocenters. The van der Waals surface area contributed by atoms with Crippen molar-refractivity contribution in [2.45, 2.75) is 32.2 Å². The second-order valence-corrected chi connectivity index (χ2v) is 7.52. The summed E-state index contributed by atoms with van der Waals surface area (Å²) >= 11 is 1.75. The molecule has 1 saturated carbocycles. The smallest absolute Gasteiger partial charge is 0.227 e. The Balaban J connectivity index is 1.76. The largest absolute Gasteiger partial charge is 0.331 e. The molecule has 1 aromatic carbocycles. The predicted molar refractivity (Wildman–Crippen MR) is 95.0 cm³/mol. The summed E-state index contributed by atoms with van der Waals surface area (Å²) in [7, 11) is 0. The Hall–Kier alpha value is -2.14. The van der Waals surface area contributed by atoms with Gasteiger partial charge in [0, 0.05) is 35.5 Å². The Morgan fingerprint density at radius 2 is 1.96 bits per heavy atom. The van der Waals surface area contributed by atoms with E-state index in [1.807, 2.05) is 29.2 Å². The van der Waals surface area contributed by atoms with Gasteiger partial charge in [0.25, 0.3) is 0 Å². The zero-order valence-corrected chi connectivity index (χ0v) is 14.4. The van der Waals surface area contributed by atoms with E-state index in [1.54, 1.807) is 18.3 Å². The van der Waals surface area contributed by atoms with E-state index in [4.69, 9.17) is 0 Å². The lowest BCUT2D eigenvalue weighted by Crippen LogP contribution is -2.39. The van der Waals surface area contributed by atoms with E-state index < -0.39 is 0 Å². The van der Waals surface area contributed by atoms with Gasteiger partial charge in [-0.3, -0.25) is 9.59 Å². The maximum absolute atomic E-state index is 12.2. The third-order valence-corrected chi connectivity index (χ3v) is 5.83. The van der Waals surface area contributed by atoms with Crippen molar-refractivity contribution in [3.05, 3.63) is 51.7 Å². The molecule has 1 aliphatic carbocycles. The summed E-state index contributed by atoms with van der Waals surface area (Å²) in [5.74, 6) is 0.323. The van der Waals surface area contributed by atoms with Gasteiger partial charge in [0.05, 0.1) is 6.04 Å². The normalized spacial score (nSPS) is 19.7. The zero-order valence-electron chi connectivity index (χ0n) is 13.6. The van der Waals surface area contributed by atoms with Gasteiger partial charge in [-0.05, 0) is 42.3 Å². The lowest BCUT2D eigenvalue weighted by molar-refractivity contribution is -0.130. The summed E-state index contributed by atoms with van der Waals surface area (Å²) in [5.41, 5.74) is 3.01. The van der Waals surface area contributed by atoms with Crippen LogP contribution in [0.1, 0.15) is 41.8 Å². The summed E-state index contributed by atoms with van der Waals surface area (Å²) in [6.07, 6.45) is 2.86. The van der Waals surface area contributed by atoms with Crippen molar-refractivity contribution < 1.29 is 9.59 Å². The van der Waals surface area contributed by atoms with E-state index >= 15 is 0 Å². The van der Waals surface area contributed by atoms with Crippen molar-refractivity contribution in [1.29, 1.82) is 0 Å². The number of para-hydroxylation sites is 1. The number of anilines is 1. The first-order chi connectivity index (χ1) is 11.6. The monoisotopic (exact) mass is 340 g/mol. The van der Waals surface area contributed by atoms with Crippen LogP contribution >= 0.6 is 11.3 Å². The van der Waals surface area contributed by atoms with E-state index in [0.29, 0.717) is 0 Å². The number of rotatable bonds is 3. The van der Waals surface area contributed by atoms with Crippen LogP contribution < -0.4 is 5.32 Å². The number of amides is 2. The molecule has 4 nitrogen and oxygen atoms in total. The fourth-order valence-electron chi connectivity index (χ4n) is 3.42. The van der Waals surface area contributed by atoms with Gasteiger partial charge in [0.15, 0.2) is 0 Å². The minimum atomic E-state index is -0.117. The summed E-state index contributed by atoms with van der Waals surface area (Å²) in [6.45, 7) is 2.34. The number of benzene rings is 1. The third kappa shape index (κ3) is 2.73. The molecule has 0 radical (unpaired) electrons. The quantitative estimate of drug-likeness (QED) is 0.928. The van der Waals surface area contributed by atoms with E-state index in [2.05, 4.69) is 16.8 Å². The molecule has 1 aromatic heterocycles. The molecular formula is C19H20N2O2S. The third-order valence-electron chi connectivity index (χ3n) is 4.83. The molecule has 5 heteroatoms. The average Bonchev–Trinajstić information content (AvgIpc) is 3.32. The van der Waals surface area contributed by atoms with Crippen LogP contribution in [0, 0.1) is 5.92 Å². The van der Waals surface area contributed by atoms with Crippen LogP contribution in [-0.2, 0) is 16.0 Å². The van der Waals surface area contributed by atoms with Crippen molar-refractivity contribution in [3.63, 3.8) is 0 Å². The molecule has 124 valence electrons. The average molecular weight is 340 g/mol. The number of hydrogen-bond donors (Lipinski definition) is 1. The second-order valence-electron chi connectivity index (χ2n) is 6.51. The highest BCUT2D eigenvalue weighted by Gasteiger charge is 2.34. The van der Waals surface area contributed by atoms with Crippen LogP contribution in [0.4, 0.5) is 5.69 Å². The molecule has 1 N–H and O–H groups in total. The first kappa shape index (κ1) is 15.4. The first-order valence-electron chi connectivity index (χ1n) is 8.38. The van der Waals surface area contributed by atoms with E-state index in [1.165, 1.54) is 10.4 Å². The molecule has 1 atom stereocenters. The fraction of sp³-hybridized carbons (Fsp3) is 0.368. The van der Waals surface area contributed by atoms with Crippen molar-refractivity contribution in [2.75, 3.05) is 11.9 Å². The Bertz CT molecular complexity index is 794. The van der Waals surface area contributed by atoms with Gasteiger partial charge < -0.3 is 10.2 Å². The summed E-state index contributed by atoms with van der Waals surface area (Å²) < 4.78 is 0. The highest BCUT2D eigenvalue weighted by atomic mass is 32.1. The first-order valence-corrected chi connectivity index (χ1v) is 9.26. The van der Waals surface area contributed by atoms with Crippen molar-refractivity contribution >= 4 is 28.8 Å². The minimum absolute atomic E-state index is 0.0696. The molecule has 2 heterocycles. The number of hydrogen-bond acceptors (Lipinski definition) is 3. The van der Waals surface area contributed by atoms with Gasteiger partial charge in [-0.1, -0.05) is 18.2 Å². The predicted octanol–water partition coefficient (Wildman–Crippen LogP) is 3.59. The standard InChI is InChI=1S/C19H20N2O2S/c1-12(22)21-10-8-17-15(9-11-24-17)18(21)14-4-2-3-5-16(14)20-19(23)13-6-7-13/h2-5,9,11,13,18H,6-8,10H2,1H3,(H,20,23)/t18-/m1/s1. The Kier molecular flexibility index (Phi) is 3.88. The Morgan fingerprint density at radius 3 is 2.71 bits per heavy atom. The van der Waals surface area contributed by atoms with Crippen LogP contribution in [0.5, 0.6) is 0 Å². The molecule has 4 rings (SSSR count). The molecule has 24 heavy (non-hydrogen) atoms. The molecule has 1 fully saturated rings. The van der Waals surface area contributed by atoms with Crippen molar-refractivity contribution in [1.82, 2.24) is 4.90 Å². The zero-order chi connectivity index (χ0) is 16.7. The van der Waals surface area contributed by atoms with Crippen molar-refractivity contribution in [2.24, 2.45) is 5.92 Å². The maximum Gasteiger partial charge on any atom is 0.227 e. The van der Waals surface area contributed by atoms with E-state index in [9.17, 15) is 9.59 Å². The summed E-state index contributed by atoms with van der Waals surface area (Å²) in [4.78, 5) is 27.7. The highest BCUT2D eigenvalue weighted by Crippen LogP contribution is 2.41. The molecule has 0 saturated heterocycles.